The fraction of sp³-hybridized carbons (Fsp3) is 0.292. The van der Waals surface area contributed by atoms with E-state index in [1.807, 2.05) is 6.07 Å². The second-order valence-corrected chi connectivity index (χ2v) is 10.9. The molecule has 6 N–H and O–H groups in total. The largest absolute Gasteiger partial charge is 0.384 e. The molecule has 3 aromatic heterocycles. The summed E-state index contributed by atoms with van der Waals surface area (Å²) in [7, 11) is 0. The lowest BCUT2D eigenvalue weighted by Crippen LogP contribution is -2.37. The van der Waals surface area contributed by atoms with Crippen molar-refractivity contribution in [2.24, 2.45) is 0 Å². The highest BCUT2D eigenvalue weighted by Crippen LogP contribution is 2.27. The average Bonchev–Trinajstić information content (AvgIpc) is 3.53. The molecule has 0 aliphatic carbocycles. The van der Waals surface area contributed by atoms with Crippen LogP contribution in [0, 0.1) is 10.8 Å². The van der Waals surface area contributed by atoms with Gasteiger partial charge >= 0.3 is 0 Å². The Morgan fingerprint density at radius 2 is 2.08 bits per heavy atom. The van der Waals surface area contributed by atoms with E-state index in [1.54, 1.807) is 18.3 Å². The third kappa shape index (κ3) is 5.37. The number of nitrogens with zero attached hydrogens (tertiary/aromatic N) is 3. The summed E-state index contributed by atoms with van der Waals surface area (Å²) in [4.78, 5) is 48.1. The van der Waals surface area contributed by atoms with Crippen molar-refractivity contribution >= 4 is 66.6 Å². The lowest BCUT2D eigenvalue weighted by Gasteiger charge is -2.16. The maximum atomic E-state index is 13.2. The second kappa shape index (κ2) is 10.8. The molecule has 38 heavy (non-hydrogen) atoms. The van der Waals surface area contributed by atoms with Gasteiger partial charge in [0.25, 0.3) is 11.5 Å². The summed E-state index contributed by atoms with van der Waals surface area (Å²) in [5.41, 5.74) is 5.76. The molecular formula is C24H24N8O4S2. The van der Waals surface area contributed by atoms with Crippen LogP contribution < -0.4 is 21.9 Å². The predicted molar refractivity (Wildman–Crippen MR) is 147 cm³/mol. The van der Waals surface area contributed by atoms with Gasteiger partial charge in [-0.05, 0) is 42.3 Å². The molecule has 0 radical (unpaired) electrons. The Kier molecular flexibility index (Phi) is 7.35. The number of ether oxygens (including phenoxy) is 1. The van der Waals surface area contributed by atoms with Crippen molar-refractivity contribution in [3.63, 3.8) is 0 Å². The number of hydrogen-bond acceptors (Lipinski definition) is 11. The number of nitrogen functional groups attached to an aromatic ring is 1. The molecule has 0 saturated carbocycles. The number of rotatable bonds is 5. The van der Waals surface area contributed by atoms with E-state index in [0.29, 0.717) is 61.5 Å². The average molecular weight is 553 g/mol. The van der Waals surface area contributed by atoms with E-state index < -0.39 is 22.6 Å². The minimum absolute atomic E-state index is 0.0901. The molecule has 1 atom stereocenters. The van der Waals surface area contributed by atoms with Gasteiger partial charge < -0.3 is 21.1 Å². The Labute approximate surface area is 224 Å². The molecule has 2 amide bonds. The van der Waals surface area contributed by atoms with Gasteiger partial charge in [0.05, 0.1) is 31.0 Å². The van der Waals surface area contributed by atoms with E-state index in [2.05, 4.69) is 20.6 Å². The standard InChI is InChI=1S/C24H24N8O4S2/c25-18-8-17-13(9-28-18)7-14(37-17)10-30-22(33)16-1-2-19-29-11-15(24(35)32(16)19)31-23(34)21(27)38-20(26)12-3-5-36-6-4-12/h3,7-9,11,16,26-27H,1-2,4-6,10H2,(H2,25,28)(H,30,33)(H,31,34). The lowest BCUT2D eigenvalue weighted by atomic mass is 10.2. The Hall–Kier alpha value is -3.88. The summed E-state index contributed by atoms with van der Waals surface area (Å²) in [6.45, 7) is 1.16. The van der Waals surface area contributed by atoms with Crippen LogP contribution in [0.2, 0.25) is 0 Å². The van der Waals surface area contributed by atoms with Gasteiger partial charge in [0.2, 0.25) is 5.91 Å². The van der Waals surface area contributed by atoms with Gasteiger partial charge in [0.15, 0.2) is 5.04 Å². The van der Waals surface area contributed by atoms with Gasteiger partial charge in [0.1, 0.15) is 23.4 Å². The molecule has 2 aliphatic rings. The molecule has 0 saturated heterocycles. The Morgan fingerprint density at radius 1 is 1.24 bits per heavy atom. The molecular weight excluding hydrogens is 528 g/mol. The number of amides is 2. The lowest BCUT2D eigenvalue weighted by molar-refractivity contribution is -0.124. The van der Waals surface area contributed by atoms with Gasteiger partial charge in [-0.3, -0.25) is 29.8 Å². The van der Waals surface area contributed by atoms with Gasteiger partial charge in [0, 0.05) is 27.6 Å². The fourth-order valence-corrected chi connectivity index (χ4v) is 5.93. The normalized spacial score (nSPS) is 16.5. The summed E-state index contributed by atoms with van der Waals surface area (Å²) in [6, 6.07) is 2.95. The van der Waals surface area contributed by atoms with E-state index in [1.165, 1.54) is 22.1 Å². The third-order valence-electron chi connectivity index (χ3n) is 6.15. The summed E-state index contributed by atoms with van der Waals surface area (Å²) in [6.07, 6.45) is 6.06. The number of thiophene rings is 1. The molecule has 1 unspecified atom stereocenters. The second-order valence-electron chi connectivity index (χ2n) is 8.66. The summed E-state index contributed by atoms with van der Waals surface area (Å²) in [5, 5.41) is 22.1. The molecule has 0 fully saturated rings. The SMILES string of the molecule is N=C(SC(=N)C1=CCOCC1)C(=O)Nc1cnc2n(c1=O)C(C(=O)NCc1cc3cnc(N)cc3s1)CC2. The topological polar surface area (TPSA) is 189 Å². The van der Waals surface area contributed by atoms with Gasteiger partial charge in [-0.15, -0.1) is 11.3 Å². The molecule has 12 nitrogen and oxygen atoms in total. The highest BCUT2D eigenvalue weighted by Gasteiger charge is 2.31. The van der Waals surface area contributed by atoms with Crippen LogP contribution in [0.5, 0.6) is 0 Å². The van der Waals surface area contributed by atoms with Crippen LogP contribution in [-0.4, -0.2) is 49.7 Å². The van der Waals surface area contributed by atoms with Crippen LogP contribution in [0.25, 0.3) is 10.1 Å². The smallest absolute Gasteiger partial charge is 0.280 e. The van der Waals surface area contributed by atoms with Crippen LogP contribution in [0.3, 0.4) is 0 Å². The summed E-state index contributed by atoms with van der Waals surface area (Å²) >= 11 is 2.20. The predicted octanol–water partition coefficient (Wildman–Crippen LogP) is 2.21. The Balaban J connectivity index is 1.24. The molecule has 0 aromatic carbocycles. The number of aryl methyl sites for hydroxylation is 1. The number of hydrogen-bond donors (Lipinski definition) is 5. The van der Waals surface area contributed by atoms with Crippen molar-refractivity contribution in [2.45, 2.75) is 31.8 Å². The zero-order valence-electron chi connectivity index (χ0n) is 20.1. The van der Waals surface area contributed by atoms with Gasteiger partial charge in [-0.2, -0.15) is 0 Å². The van der Waals surface area contributed by atoms with Crippen molar-refractivity contribution in [1.82, 2.24) is 19.9 Å². The van der Waals surface area contributed by atoms with Crippen LogP contribution >= 0.6 is 23.1 Å². The van der Waals surface area contributed by atoms with E-state index in [9.17, 15) is 14.4 Å². The van der Waals surface area contributed by atoms with Crippen molar-refractivity contribution < 1.29 is 14.3 Å². The fourth-order valence-electron chi connectivity index (χ4n) is 4.25. The first-order chi connectivity index (χ1) is 18.3. The molecule has 2 aliphatic heterocycles. The van der Waals surface area contributed by atoms with Crippen LogP contribution in [0.15, 0.2) is 41.0 Å². The van der Waals surface area contributed by atoms with Crippen molar-refractivity contribution in [1.29, 1.82) is 10.8 Å². The van der Waals surface area contributed by atoms with Crippen molar-refractivity contribution in [2.75, 3.05) is 24.3 Å². The van der Waals surface area contributed by atoms with E-state index >= 15 is 0 Å². The van der Waals surface area contributed by atoms with Crippen molar-refractivity contribution in [3.8, 4) is 0 Å². The first kappa shape index (κ1) is 25.8. The molecule has 0 bridgehead atoms. The van der Waals surface area contributed by atoms with Crippen molar-refractivity contribution in [3.05, 3.63) is 57.2 Å². The number of carbonyl (C=O) groups excluding carboxylic acids is 2. The summed E-state index contributed by atoms with van der Waals surface area (Å²) in [5.74, 6) is -0.274. The molecule has 5 rings (SSSR count). The maximum absolute atomic E-state index is 13.2. The number of nitrogens with one attached hydrogen (secondary N) is 4. The number of anilines is 2. The molecule has 196 valence electrons. The Morgan fingerprint density at radius 3 is 2.87 bits per heavy atom. The van der Waals surface area contributed by atoms with E-state index in [-0.39, 0.29) is 23.2 Å². The molecule has 0 spiro atoms. The van der Waals surface area contributed by atoms with Crippen LogP contribution in [0.4, 0.5) is 11.5 Å². The first-order valence-electron chi connectivity index (χ1n) is 11.8. The van der Waals surface area contributed by atoms with Crippen LogP contribution in [0.1, 0.15) is 29.6 Å². The van der Waals surface area contributed by atoms with E-state index in [0.717, 1.165) is 15.0 Å². The first-order valence-corrected chi connectivity index (χ1v) is 13.4. The number of carbonyl (C=O) groups is 2. The maximum Gasteiger partial charge on any atom is 0.280 e. The number of aromatic nitrogens is 3. The summed E-state index contributed by atoms with van der Waals surface area (Å²) < 4.78 is 7.48. The zero-order chi connectivity index (χ0) is 26.8. The molecule has 5 heterocycles. The minimum Gasteiger partial charge on any atom is -0.384 e. The minimum atomic E-state index is -0.828. The van der Waals surface area contributed by atoms with E-state index in [4.69, 9.17) is 21.3 Å². The van der Waals surface area contributed by atoms with Gasteiger partial charge in [-0.1, -0.05) is 6.08 Å². The number of thioether (sulfide) groups is 1. The molecule has 14 heteroatoms. The monoisotopic (exact) mass is 552 g/mol. The number of fused-ring (bicyclic) bond motifs is 2. The highest BCUT2D eigenvalue weighted by molar-refractivity contribution is 8.28. The quantitative estimate of drug-likeness (QED) is 0.235. The third-order valence-corrected chi connectivity index (χ3v) is 8.10. The highest BCUT2D eigenvalue weighted by atomic mass is 32.2. The molecule has 3 aromatic rings. The zero-order valence-corrected chi connectivity index (χ0v) is 21.7. The van der Waals surface area contributed by atoms with Crippen LogP contribution in [-0.2, 0) is 27.3 Å². The Bertz CT molecular complexity index is 1560. The van der Waals surface area contributed by atoms with Gasteiger partial charge in [-0.25, -0.2) is 9.97 Å². The number of nitrogens with two attached hydrogens (primary N) is 1. The number of pyridine rings is 1.